The van der Waals surface area contributed by atoms with Crippen molar-refractivity contribution in [3.8, 4) is 0 Å². The monoisotopic (exact) mass is 389 g/mol. The van der Waals surface area contributed by atoms with Crippen molar-refractivity contribution in [3.05, 3.63) is 35.9 Å². The van der Waals surface area contributed by atoms with Crippen molar-refractivity contribution < 1.29 is 23.8 Å². The van der Waals surface area contributed by atoms with Crippen LogP contribution in [0.2, 0.25) is 0 Å². The zero-order valence-corrected chi connectivity index (χ0v) is 17.4. The third-order valence-corrected chi connectivity index (χ3v) is 5.49. The lowest BCUT2D eigenvalue weighted by molar-refractivity contribution is -0.156. The minimum Gasteiger partial charge on any atom is -0.461 e. The summed E-state index contributed by atoms with van der Waals surface area (Å²) < 4.78 is 16.8. The third kappa shape index (κ3) is 4.66. The standard InChI is InChI=1S/C22H31NO5/c1-14(20(24)27-13-15-9-7-6-8-10-15)19(26-5)18-12-16-11-17(16)23(18)21(25)28-22(2,3)4/h6-10,14,16-19H,11-13H2,1-5H3/t14-,16?,17?,18?,19-/m1/s1. The highest BCUT2D eigenvalue weighted by Gasteiger charge is 2.58. The van der Waals surface area contributed by atoms with Crippen molar-refractivity contribution in [1.29, 1.82) is 0 Å². The highest BCUT2D eigenvalue weighted by molar-refractivity contribution is 5.74. The van der Waals surface area contributed by atoms with E-state index >= 15 is 0 Å². The molecule has 6 nitrogen and oxygen atoms in total. The maximum absolute atomic E-state index is 12.8. The quantitative estimate of drug-likeness (QED) is 0.693. The molecule has 0 radical (unpaired) electrons. The van der Waals surface area contributed by atoms with Gasteiger partial charge in [-0.05, 0) is 52.0 Å². The Balaban J connectivity index is 1.65. The maximum atomic E-state index is 12.8. The van der Waals surface area contributed by atoms with Crippen molar-refractivity contribution >= 4 is 12.1 Å². The predicted octanol–water partition coefficient (Wildman–Crippen LogP) is 3.78. The molecule has 1 amide bonds. The summed E-state index contributed by atoms with van der Waals surface area (Å²) in [6.07, 6.45) is 1.08. The Bertz CT molecular complexity index is 699. The van der Waals surface area contributed by atoms with E-state index in [-0.39, 0.29) is 30.8 Å². The lowest BCUT2D eigenvalue weighted by atomic mass is 9.94. The number of ether oxygens (including phenoxy) is 3. The Labute approximate surface area is 167 Å². The molecule has 1 saturated carbocycles. The number of hydrogen-bond acceptors (Lipinski definition) is 5. The molecule has 0 bridgehead atoms. The van der Waals surface area contributed by atoms with E-state index in [4.69, 9.17) is 14.2 Å². The molecule has 6 heteroatoms. The minimum atomic E-state index is -0.558. The van der Waals surface area contributed by atoms with Crippen LogP contribution in [0, 0.1) is 11.8 Å². The summed E-state index contributed by atoms with van der Waals surface area (Å²) in [5.41, 5.74) is 0.381. The van der Waals surface area contributed by atoms with E-state index in [1.807, 2.05) is 51.1 Å². The number of piperidine rings is 1. The number of methoxy groups -OCH3 is 1. The predicted molar refractivity (Wildman–Crippen MR) is 105 cm³/mol. The molecular formula is C22H31NO5. The second kappa shape index (κ2) is 8.11. The van der Waals surface area contributed by atoms with E-state index in [0.29, 0.717) is 5.92 Å². The normalized spacial score (nSPS) is 25.6. The summed E-state index contributed by atoms with van der Waals surface area (Å²) in [5.74, 6) is -0.329. The van der Waals surface area contributed by atoms with E-state index in [0.717, 1.165) is 18.4 Å². The first kappa shape index (κ1) is 20.6. The van der Waals surface area contributed by atoms with Crippen LogP contribution in [-0.4, -0.2) is 47.9 Å². The summed E-state index contributed by atoms with van der Waals surface area (Å²) >= 11 is 0. The molecule has 0 aromatic heterocycles. The van der Waals surface area contributed by atoms with Crippen LogP contribution in [0.3, 0.4) is 0 Å². The summed E-state index contributed by atoms with van der Waals surface area (Å²) in [6, 6.07) is 9.60. The van der Waals surface area contributed by atoms with Crippen LogP contribution < -0.4 is 0 Å². The molecule has 1 aliphatic carbocycles. The van der Waals surface area contributed by atoms with E-state index in [1.165, 1.54) is 0 Å². The number of hydrogen-bond donors (Lipinski definition) is 0. The van der Waals surface area contributed by atoms with Crippen LogP contribution in [0.25, 0.3) is 0 Å². The Hall–Kier alpha value is -2.08. The lowest BCUT2D eigenvalue weighted by Gasteiger charge is -2.36. The Kier molecular flexibility index (Phi) is 5.98. The van der Waals surface area contributed by atoms with Gasteiger partial charge in [-0.3, -0.25) is 9.69 Å². The first-order valence-corrected chi connectivity index (χ1v) is 9.96. The van der Waals surface area contributed by atoms with Crippen LogP contribution in [0.1, 0.15) is 46.1 Å². The number of carbonyl (C=O) groups excluding carboxylic acids is 2. The fraction of sp³-hybridized carbons (Fsp3) is 0.636. The average molecular weight is 389 g/mol. The number of benzene rings is 1. The van der Waals surface area contributed by atoms with Crippen molar-refractivity contribution in [1.82, 2.24) is 4.90 Å². The molecule has 3 rings (SSSR count). The van der Waals surface area contributed by atoms with Gasteiger partial charge >= 0.3 is 12.1 Å². The van der Waals surface area contributed by atoms with Gasteiger partial charge in [-0.2, -0.15) is 0 Å². The molecular weight excluding hydrogens is 358 g/mol. The SMILES string of the molecule is CO[C@@H](C1CC2CC2N1C(=O)OC(C)(C)C)[C@@H](C)C(=O)OCc1ccccc1. The van der Waals surface area contributed by atoms with E-state index in [2.05, 4.69) is 0 Å². The molecule has 2 aliphatic rings. The fourth-order valence-electron chi connectivity index (χ4n) is 4.06. The van der Waals surface area contributed by atoms with E-state index in [1.54, 1.807) is 18.9 Å². The highest BCUT2D eigenvalue weighted by atomic mass is 16.6. The number of fused-ring (bicyclic) bond motifs is 1. The Morgan fingerprint density at radius 3 is 2.46 bits per heavy atom. The number of amides is 1. The first-order valence-electron chi connectivity index (χ1n) is 9.96. The zero-order valence-electron chi connectivity index (χ0n) is 17.4. The molecule has 1 aromatic carbocycles. The average Bonchev–Trinajstić information content (AvgIpc) is 3.29. The number of esters is 1. The number of nitrogens with zero attached hydrogens (tertiary/aromatic N) is 1. The first-order chi connectivity index (χ1) is 13.2. The summed E-state index contributed by atoms with van der Waals surface area (Å²) in [5, 5.41) is 0. The molecule has 154 valence electrons. The van der Waals surface area contributed by atoms with E-state index < -0.39 is 17.6 Å². The Morgan fingerprint density at radius 2 is 1.86 bits per heavy atom. The lowest BCUT2D eigenvalue weighted by Crippen LogP contribution is -2.51. The van der Waals surface area contributed by atoms with E-state index in [9.17, 15) is 9.59 Å². The van der Waals surface area contributed by atoms with Crippen LogP contribution in [0.15, 0.2) is 30.3 Å². The van der Waals surface area contributed by atoms with Crippen molar-refractivity contribution in [3.63, 3.8) is 0 Å². The second-order valence-corrected chi connectivity index (χ2v) is 8.84. The number of carbonyl (C=O) groups is 2. The summed E-state index contributed by atoms with van der Waals surface area (Å²) in [7, 11) is 1.59. The van der Waals surface area contributed by atoms with Gasteiger partial charge in [0.15, 0.2) is 0 Å². The van der Waals surface area contributed by atoms with Crippen LogP contribution in [0.5, 0.6) is 0 Å². The zero-order chi connectivity index (χ0) is 20.5. The smallest absolute Gasteiger partial charge is 0.410 e. The van der Waals surface area contributed by atoms with Crippen molar-refractivity contribution in [2.75, 3.05) is 7.11 Å². The van der Waals surface area contributed by atoms with Gasteiger partial charge in [0.2, 0.25) is 0 Å². The van der Waals surface area contributed by atoms with Crippen LogP contribution in [-0.2, 0) is 25.6 Å². The number of rotatable bonds is 6. The fourth-order valence-corrected chi connectivity index (χ4v) is 4.06. The van der Waals surface area contributed by atoms with Gasteiger partial charge in [-0.1, -0.05) is 30.3 Å². The maximum Gasteiger partial charge on any atom is 0.410 e. The van der Waals surface area contributed by atoms with Gasteiger partial charge in [0.25, 0.3) is 0 Å². The molecule has 1 aliphatic heterocycles. The minimum absolute atomic E-state index is 0.178. The van der Waals surface area contributed by atoms with Gasteiger partial charge in [0, 0.05) is 13.2 Å². The molecule has 3 unspecified atom stereocenters. The van der Waals surface area contributed by atoms with Crippen LogP contribution >= 0.6 is 0 Å². The van der Waals surface area contributed by atoms with Crippen LogP contribution in [0.4, 0.5) is 4.79 Å². The molecule has 28 heavy (non-hydrogen) atoms. The van der Waals surface area contributed by atoms with Crippen molar-refractivity contribution in [2.45, 2.75) is 70.9 Å². The molecule has 2 fully saturated rings. The summed E-state index contributed by atoms with van der Waals surface area (Å²) in [6.45, 7) is 7.61. The largest absolute Gasteiger partial charge is 0.461 e. The summed E-state index contributed by atoms with van der Waals surface area (Å²) in [4.78, 5) is 27.2. The molecule has 5 atom stereocenters. The van der Waals surface area contributed by atoms with Gasteiger partial charge < -0.3 is 14.2 Å². The van der Waals surface area contributed by atoms with Gasteiger partial charge in [-0.25, -0.2) is 4.79 Å². The molecule has 0 N–H and O–H groups in total. The second-order valence-electron chi connectivity index (χ2n) is 8.84. The van der Waals surface area contributed by atoms with Gasteiger partial charge in [0.05, 0.1) is 18.1 Å². The molecule has 0 spiro atoms. The Morgan fingerprint density at radius 1 is 1.18 bits per heavy atom. The topological polar surface area (TPSA) is 65.1 Å². The molecule has 1 heterocycles. The molecule has 1 aromatic rings. The number of likely N-dealkylation sites (tertiary alicyclic amines) is 1. The highest BCUT2D eigenvalue weighted by Crippen LogP contribution is 2.50. The van der Waals surface area contributed by atoms with Gasteiger partial charge in [-0.15, -0.1) is 0 Å². The van der Waals surface area contributed by atoms with Crippen molar-refractivity contribution in [2.24, 2.45) is 11.8 Å². The molecule has 1 saturated heterocycles. The third-order valence-electron chi connectivity index (χ3n) is 5.49. The van der Waals surface area contributed by atoms with Gasteiger partial charge in [0.1, 0.15) is 12.2 Å².